The number of fused-ring (bicyclic) bond motifs is 2. The van der Waals surface area contributed by atoms with Crippen molar-refractivity contribution in [1.29, 1.82) is 0 Å². The standard InChI is InChI=1S/C18H22N6O/c1-12(2)24-15-6-4-3-5-14(15)22-17(24)9-19-18(25)13-7-8-16-20-11-21-23(16)10-13/h3-6,11-13H,7-10H2,1-2H3,(H,19,25). The summed E-state index contributed by atoms with van der Waals surface area (Å²) in [6, 6.07) is 8.36. The van der Waals surface area contributed by atoms with Gasteiger partial charge in [0.25, 0.3) is 0 Å². The molecule has 2 aromatic heterocycles. The van der Waals surface area contributed by atoms with Crippen LogP contribution in [0.25, 0.3) is 11.0 Å². The van der Waals surface area contributed by atoms with Gasteiger partial charge in [0.1, 0.15) is 18.0 Å². The van der Waals surface area contributed by atoms with Crippen LogP contribution in [-0.2, 0) is 24.3 Å². The number of aromatic nitrogens is 5. The second kappa shape index (κ2) is 6.31. The molecule has 1 aliphatic heterocycles. The van der Waals surface area contributed by atoms with E-state index in [0.29, 0.717) is 13.1 Å². The van der Waals surface area contributed by atoms with Gasteiger partial charge in [0.05, 0.1) is 30.0 Å². The Kier molecular flexibility index (Phi) is 3.99. The van der Waals surface area contributed by atoms with E-state index in [2.05, 4.69) is 39.9 Å². The average molecular weight is 338 g/mol. The Hall–Kier alpha value is -2.70. The van der Waals surface area contributed by atoms with Gasteiger partial charge < -0.3 is 9.88 Å². The maximum atomic E-state index is 12.6. The number of nitrogens with zero attached hydrogens (tertiary/aromatic N) is 5. The molecule has 130 valence electrons. The third kappa shape index (κ3) is 2.90. The predicted octanol–water partition coefficient (Wildman–Crippen LogP) is 2.09. The molecule has 7 heteroatoms. The quantitative estimate of drug-likeness (QED) is 0.790. The van der Waals surface area contributed by atoms with E-state index in [1.165, 1.54) is 0 Å². The average Bonchev–Trinajstić information content (AvgIpc) is 3.22. The Balaban J connectivity index is 1.49. The molecule has 4 rings (SSSR count). The van der Waals surface area contributed by atoms with Crippen LogP contribution in [0.3, 0.4) is 0 Å². The smallest absolute Gasteiger partial charge is 0.225 e. The fraction of sp³-hybridized carbons (Fsp3) is 0.444. The molecule has 1 N–H and O–H groups in total. The van der Waals surface area contributed by atoms with Crippen LogP contribution in [-0.4, -0.2) is 30.2 Å². The summed E-state index contributed by atoms with van der Waals surface area (Å²) < 4.78 is 4.02. The number of benzene rings is 1. The van der Waals surface area contributed by atoms with E-state index in [4.69, 9.17) is 4.98 Å². The number of carbonyl (C=O) groups is 1. The molecule has 1 aliphatic rings. The molecule has 1 unspecified atom stereocenters. The molecular formula is C18H22N6O. The van der Waals surface area contributed by atoms with Gasteiger partial charge in [-0.25, -0.2) is 14.6 Å². The van der Waals surface area contributed by atoms with Crippen molar-refractivity contribution in [2.75, 3.05) is 0 Å². The van der Waals surface area contributed by atoms with Crippen molar-refractivity contribution in [3.8, 4) is 0 Å². The highest BCUT2D eigenvalue weighted by molar-refractivity contribution is 5.79. The first kappa shape index (κ1) is 15.8. The van der Waals surface area contributed by atoms with Crippen molar-refractivity contribution >= 4 is 16.9 Å². The highest BCUT2D eigenvalue weighted by Crippen LogP contribution is 2.21. The van der Waals surface area contributed by atoms with E-state index >= 15 is 0 Å². The Morgan fingerprint density at radius 3 is 3.04 bits per heavy atom. The van der Waals surface area contributed by atoms with Crippen molar-refractivity contribution < 1.29 is 4.79 Å². The van der Waals surface area contributed by atoms with Crippen LogP contribution in [0.2, 0.25) is 0 Å². The van der Waals surface area contributed by atoms with E-state index in [1.807, 2.05) is 22.9 Å². The zero-order valence-electron chi connectivity index (χ0n) is 14.5. The summed E-state index contributed by atoms with van der Waals surface area (Å²) in [5.41, 5.74) is 2.07. The maximum absolute atomic E-state index is 12.6. The number of amides is 1. The van der Waals surface area contributed by atoms with Gasteiger partial charge in [0.2, 0.25) is 5.91 Å². The summed E-state index contributed by atoms with van der Waals surface area (Å²) in [7, 11) is 0. The number of nitrogens with one attached hydrogen (secondary N) is 1. The highest BCUT2D eigenvalue weighted by Gasteiger charge is 2.26. The number of hydrogen-bond acceptors (Lipinski definition) is 4. The lowest BCUT2D eigenvalue weighted by Crippen LogP contribution is -2.36. The topological polar surface area (TPSA) is 77.6 Å². The molecule has 0 saturated carbocycles. The zero-order valence-corrected chi connectivity index (χ0v) is 14.5. The minimum Gasteiger partial charge on any atom is -0.349 e. The highest BCUT2D eigenvalue weighted by atomic mass is 16.1. The van der Waals surface area contributed by atoms with Crippen LogP contribution >= 0.6 is 0 Å². The number of rotatable bonds is 4. The molecule has 0 spiro atoms. The fourth-order valence-corrected chi connectivity index (χ4v) is 3.56. The van der Waals surface area contributed by atoms with Crippen molar-refractivity contribution in [3.05, 3.63) is 42.2 Å². The third-order valence-electron chi connectivity index (χ3n) is 4.78. The van der Waals surface area contributed by atoms with Crippen molar-refractivity contribution in [2.45, 2.75) is 45.8 Å². The summed E-state index contributed by atoms with van der Waals surface area (Å²) in [4.78, 5) is 21.5. The van der Waals surface area contributed by atoms with E-state index in [-0.39, 0.29) is 17.9 Å². The van der Waals surface area contributed by atoms with E-state index < -0.39 is 0 Å². The number of imidazole rings is 1. The lowest BCUT2D eigenvalue weighted by atomic mass is 9.99. The molecule has 0 fully saturated rings. The summed E-state index contributed by atoms with van der Waals surface area (Å²) in [5.74, 6) is 1.85. The predicted molar refractivity (Wildman–Crippen MR) is 93.8 cm³/mol. The Bertz CT molecular complexity index is 909. The molecule has 0 aliphatic carbocycles. The minimum absolute atomic E-state index is 0.0588. The summed E-state index contributed by atoms with van der Waals surface area (Å²) in [5, 5.41) is 7.25. The molecule has 7 nitrogen and oxygen atoms in total. The van der Waals surface area contributed by atoms with Gasteiger partial charge in [0, 0.05) is 12.5 Å². The number of aryl methyl sites for hydroxylation is 1. The Morgan fingerprint density at radius 2 is 2.20 bits per heavy atom. The van der Waals surface area contributed by atoms with Crippen LogP contribution in [0, 0.1) is 5.92 Å². The van der Waals surface area contributed by atoms with Crippen molar-refractivity contribution in [1.82, 2.24) is 29.6 Å². The molecule has 3 aromatic rings. The molecule has 25 heavy (non-hydrogen) atoms. The Morgan fingerprint density at radius 1 is 1.36 bits per heavy atom. The van der Waals surface area contributed by atoms with Crippen LogP contribution < -0.4 is 5.32 Å². The first-order chi connectivity index (χ1) is 12.1. The van der Waals surface area contributed by atoms with Crippen LogP contribution in [0.4, 0.5) is 0 Å². The third-order valence-corrected chi connectivity index (χ3v) is 4.78. The molecule has 1 atom stereocenters. The lowest BCUT2D eigenvalue weighted by Gasteiger charge is -2.22. The minimum atomic E-state index is -0.0638. The molecule has 3 heterocycles. The van der Waals surface area contributed by atoms with Gasteiger partial charge in [-0.15, -0.1) is 0 Å². The van der Waals surface area contributed by atoms with Gasteiger partial charge in [0.15, 0.2) is 0 Å². The summed E-state index contributed by atoms with van der Waals surface area (Å²) >= 11 is 0. The van der Waals surface area contributed by atoms with Crippen molar-refractivity contribution in [2.24, 2.45) is 5.92 Å². The van der Waals surface area contributed by atoms with Gasteiger partial charge in [-0.1, -0.05) is 12.1 Å². The SMILES string of the molecule is CC(C)n1c(CNC(=O)C2CCc3ncnn3C2)nc2ccccc21. The number of carbonyl (C=O) groups excluding carboxylic acids is 1. The van der Waals surface area contributed by atoms with Gasteiger partial charge in [-0.05, 0) is 32.4 Å². The second-order valence-electron chi connectivity index (χ2n) is 6.79. The molecule has 0 radical (unpaired) electrons. The first-order valence-electron chi connectivity index (χ1n) is 8.73. The van der Waals surface area contributed by atoms with Gasteiger partial charge in [-0.2, -0.15) is 5.10 Å². The van der Waals surface area contributed by atoms with Crippen LogP contribution in [0.15, 0.2) is 30.6 Å². The monoisotopic (exact) mass is 338 g/mol. The van der Waals surface area contributed by atoms with Gasteiger partial charge in [-0.3, -0.25) is 4.79 Å². The zero-order chi connectivity index (χ0) is 17.4. The van der Waals surface area contributed by atoms with Gasteiger partial charge >= 0.3 is 0 Å². The molecule has 1 aromatic carbocycles. The van der Waals surface area contributed by atoms with E-state index in [0.717, 1.165) is 35.5 Å². The number of hydrogen-bond donors (Lipinski definition) is 1. The fourth-order valence-electron chi connectivity index (χ4n) is 3.56. The van der Waals surface area contributed by atoms with E-state index in [9.17, 15) is 4.79 Å². The van der Waals surface area contributed by atoms with Crippen molar-refractivity contribution in [3.63, 3.8) is 0 Å². The largest absolute Gasteiger partial charge is 0.349 e. The molecule has 0 saturated heterocycles. The second-order valence-corrected chi connectivity index (χ2v) is 6.79. The maximum Gasteiger partial charge on any atom is 0.225 e. The Labute approximate surface area is 146 Å². The lowest BCUT2D eigenvalue weighted by molar-refractivity contribution is -0.126. The van der Waals surface area contributed by atoms with E-state index in [1.54, 1.807) is 6.33 Å². The van der Waals surface area contributed by atoms with Crippen LogP contribution in [0.5, 0.6) is 0 Å². The molecular weight excluding hydrogens is 316 g/mol. The summed E-state index contributed by atoms with van der Waals surface area (Å²) in [6.45, 7) is 5.30. The summed E-state index contributed by atoms with van der Waals surface area (Å²) in [6.07, 6.45) is 3.16. The normalized spacial score (nSPS) is 17.0. The van der Waals surface area contributed by atoms with Crippen LogP contribution in [0.1, 0.15) is 38.0 Å². The molecule has 0 bridgehead atoms. The number of para-hydroxylation sites is 2. The first-order valence-corrected chi connectivity index (χ1v) is 8.73. The molecule has 1 amide bonds.